The van der Waals surface area contributed by atoms with Gasteiger partial charge in [-0.2, -0.15) is 0 Å². The van der Waals surface area contributed by atoms with E-state index in [1.54, 1.807) is 0 Å². The molecule has 0 amide bonds. The van der Waals surface area contributed by atoms with Crippen molar-refractivity contribution < 1.29 is 14.3 Å². The van der Waals surface area contributed by atoms with E-state index in [-0.39, 0.29) is 23.4 Å². The van der Waals surface area contributed by atoms with Crippen LogP contribution in [0.5, 0.6) is 5.75 Å². The Morgan fingerprint density at radius 1 is 0.913 bits per heavy atom. The molecule has 3 nitrogen and oxygen atoms in total. The van der Waals surface area contributed by atoms with Crippen molar-refractivity contribution in [2.24, 2.45) is 16.2 Å². The largest absolute Gasteiger partial charge is 0.490 e. The number of benzene rings is 1. The van der Waals surface area contributed by atoms with Gasteiger partial charge < -0.3 is 9.47 Å². The Morgan fingerprint density at radius 3 is 1.96 bits per heavy atom. The molecule has 1 atom stereocenters. The van der Waals surface area contributed by atoms with Gasteiger partial charge in [0.05, 0.1) is 5.41 Å². The van der Waals surface area contributed by atoms with Crippen molar-refractivity contribution in [1.29, 1.82) is 0 Å². The molecular formula is C20H32O3. The Morgan fingerprint density at radius 2 is 1.48 bits per heavy atom. The van der Waals surface area contributed by atoms with Crippen LogP contribution in [0.2, 0.25) is 0 Å². The van der Waals surface area contributed by atoms with Crippen LogP contribution in [0.25, 0.3) is 0 Å². The number of carbonyl (C=O) groups is 1. The van der Waals surface area contributed by atoms with E-state index in [0.717, 1.165) is 12.2 Å². The molecule has 3 heteroatoms. The number of carbonyl (C=O) groups excluding carboxylic acids is 1. The predicted octanol–water partition coefficient (Wildman–Crippen LogP) is 5.10. The summed E-state index contributed by atoms with van der Waals surface area (Å²) in [5, 5.41) is 0. The molecule has 0 aliphatic rings. The molecule has 1 unspecified atom stereocenters. The van der Waals surface area contributed by atoms with Crippen molar-refractivity contribution in [1.82, 2.24) is 0 Å². The predicted molar refractivity (Wildman–Crippen MR) is 94.5 cm³/mol. The molecule has 0 saturated heterocycles. The lowest BCUT2D eigenvalue weighted by Gasteiger charge is -2.43. The van der Waals surface area contributed by atoms with Crippen LogP contribution in [0.1, 0.15) is 54.9 Å². The van der Waals surface area contributed by atoms with Gasteiger partial charge in [0.25, 0.3) is 0 Å². The molecule has 1 rings (SSSR count). The summed E-state index contributed by atoms with van der Waals surface area (Å²) in [5.41, 5.74) is -0.642. The summed E-state index contributed by atoms with van der Waals surface area (Å²) in [5.74, 6) is 0.647. The second kappa shape index (κ2) is 7.37. The molecular weight excluding hydrogens is 288 g/mol. The van der Waals surface area contributed by atoms with Gasteiger partial charge in [-0.3, -0.25) is 4.79 Å². The highest BCUT2D eigenvalue weighted by Gasteiger charge is 2.47. The third kappa shape index (κ3) is 5.89. The molecule has 0 N–H and O–H groups in total. The van der Waals surface area contributed by atoms with Crippen LogP contribution in [0.4, 0.5) is 0 Å². The molecule has 1 aromatic rings. The topological polar surface area (TPSA) is 35.5 Å². The molecule has 0 fully saturated rings. The Bertz CT molecular complexity index is 494. The highest BCUT2D eigenvalue weighted by Crippen LogP contribution is 2.47. The van der Waals surface area contributed by atoms with Gasteiger partial charge in [0.1, 0.15) is 19.0 Å². The van der Waals surface area contributed by atoms with Gasteiger partial charge in [0.15, 0.2) is 0 Å². The highest BCUT2D eigenvalue weighted by atomic mass is 16.6. The molecule has 1 aromatic carbocycles. The first-order valence-electron chi connectivity index (χ1n) is 8.31. The Hall–Kier alpha value is -1.51. The lowest BCUT2D eigenvalue weighted by Crippen LogP contribution is -2.44. The second-order valence-corrected chi connectivity index (χ2v) is 8.62. The van der Waals surface area contributed by atoms with Gasteiger partial charge in [0.2, 0.25) is 0 Å². The van der Waals surface area contributed by atoms with Gasteiger partial charge in [-0.05, 0) is 36.3 Å². The lowest BCUT2D eigenvalue weighted by molar-refractivity contribution is -0.165. The molecule has 23 heavy (non-hydrogen) atoms. The van der Waals surface area contributed by atoms with Crippen LogP contribution in [-0.2, 0) is 9.53 Å². The summed E-state index contributed by atoms with van der Waals surface area (Å²) in [6, 6.07) is 9.55. The minimum Gasteiger partial charge on any atom is -0.490 e. The highest BCUT2D eigenvalue weighted by molar-refractivity contribution is 5.77. The first-order valence-corrected chi connectivity index (χ1v) is 8.31. The minimum atomic E-state index is -0.530. The van der Waals surface area contributed by atoms with Crippen molar-refractivity contribution in [3.8, 4) is 5.75 Å². The fourth-order valence-electron chi connectivity index (χ4n) is 2.67. The maximum atomic E-state index is 12.7. The van der Waals surface area contributed by atoms with Crippen LogP contribution < -0.4 is 4.74 Å². The smallest absolute Gasteiger partial charge is 0.312 e. The zero-order valence-corrected chi connectivity index (χ0v) is 15.7. The molecule has 0 aliphatic heterocycles. The number of ether oxygens (including phenoxy) is 2. The van der Waals surface area contributed by atoms with E-state index in [9.17, 15) is 4.79 Å². The standard InChI is InChI=1S/C20H32O3/c1-18(2,3)15-20(7,19(4,5)6)17(21)23-14-13-22-16-11-9-8-10-12-16/h8-12H,13-15H2,1-7H3. The van der Waals surface area contributed by atoms with Crippen LogP contribution >= 0.6 is 0 Å². The van der Waals surface area contributed by atoms with Crippen molar-refractivity contribution in [2.45, 2.75) is 54.9 Å². The number of hydrogen-bond donors (Lipinski definition) is 0. The summed E-state index contributed by atoms with van der Waals surface area (Å²) in [6.45, 7) is 15.4. The second-order valence-electron chi connectivity index (χ2n) is 8.62. The average Bonchev–Trinajstić information content (AvgIpc) is 2.41. The fraction of sp³-hybridized carbons (Fsp3) is 0.650. The molecule has 0 radical (unpaired) electrons. The monoisotopic (exact) mass is 320 g/mol. The third-order valence-corrected chi connectivity index (χ3v) is 4.32. The molecule has 130 valence electrons. The van der Waals surface area contributed by atoms with Gasteiger partial charge in [-0.25, -0.2) is 0 Å². The van der Waals surface area contributed by atoms with Crippen molar-refractivity contribution >= 4 is 5.97 Å². The number of rotatable bonds is 6. The van der Waals surface area contributed by atoms with Gasteiger partial charge in [0, 0.05) is 0 Å². The Labute approximate surface area is 141 Å². The Balaban J connectivity index is 2.61. The normalized spacial score (nSPS) is 14.9. The summed E-state index contributed by atoms with van der Waals surface area (Å²) < 4.78 is 11.1. The zero-order chi connectivity index (χ0) is 17.7. The quantitative estimate of drug-likeness (QED) is 0.540. The average molecular weight is 320 g/mol. The third-order valence-electron chi connectivity index (χ3n) is 4.32. The molecule has 0 aromatic heterocycles. The maximum absolute atomic E-state index is 12.7. The SMILES string of the molecule is CC(C)(C)CC(C)(C(=O)OCCOc1ccccc1)C(C)(C)C. The van der Waals surface area contributed by atoms with E-state index in [0.29, 0.717) is 6.61 Å². The van der Waals surface area contributed by atoms with Crippen molar-refractivity contribution in [3.63, 3.8) is 0 Å². The summed E-state index contributed by atoms with van der Waals surface area (Å²) in [7, 11) is 0. The summed E-state index contributed by atoms with van der Waals surface area (Å²) in [6.07, 6.45) is 0.780. The molecule has 0 bridgehead atoms. The Kier molecular flexibility index (Phi) is 6.26. The van der Waals surface area contributed by atoms with Crippen molar-refractivity contribution in [3.05, 3.63) is 30.3 Å². The molecule has 0 aliphatic carbocycles. The van der Waals surface area contributed by atoms with Crippen LogP contribution in [-0.4, -0.2) is 19.2 Å². The van der Waals surface area contributed by atoms with E-state index in [1.165, 1.54) is 0 Å². The van der Waals surface area contributed by atoms with E-state index in [4.69, 9.17) is 9.47 Å². The first kappa shape index (κ1) is 19.5. The van der Waals surface area contributed by atoms with E-state index in [1.807, 2.05) is 37.3 Å². The minimum absolute atomic E-state index is 0.0571. The van der Waals surface area contributed by atoms with Gasteiger partial charge in [-0.1, -0.05) is 59.7 Å². The van der Waals surface area contributed by atoms with Crippen LogP contribution in [0.3, 0.4) is 0 Å². The molecule has 0 heterocycles. The number of hydrogen-bond acceptors (Lipinski definition) is 3. The van der Waals surface area contributed by atoms with Gasteiger partial charge in [-0.15, -0.1) is 0 Å². The van der Waals surface area contributed by atoms with Gasteiger partial charge >= 0.3 is 5.97 Å². The van der Waals surface area contributed by atoms with E-state index in [2.05, 4.69) is 41.5 Å². The lowest BCUT2D eigenvalue weighted by atomic mass is 9.61. The number of esters is 1. The fourth-order valence-corrected chi connectivity index (χ4v) is 2.67. The van der Waals surface area contributed by atoms with Crippen LogP contribution in [0, 0.1) is 16.2 Å². The van der Waals surface area contributed by atoms with Crippen molar-refractivity contribution in [2.75, 3.05) is 13.2 Å². The number of para-hydroxylation sites is 1. The molecule has 0 saturated carbocycles. The van der Waals surface area contributed by atoms with E-state index < -0.39 is 5.41 Å². The maximum Gasteiger partial charge on any atom is 0.312 e. The summed E-state index contributed by atoms with van der Waals surface area (Å²) in [4.78, 5) is 12.7. The first-order chi connectivity index (χ1) is 10.5. The zero-order valence-electron chi connectivity index (χ0n) is 15.7. The van der Waals surface area contributed by atoms with Crippen LogP contribution in [0.15, 0.2) is 30.3 Å². The van der Waals surface area contributed by atoms with E-state index >= 15 is 0 Å². The summed E-state index contributed by atoms with van der Waals surface area (Å²) >= 11 is 0. The molecule has 0 spiro atoms.